The zero-order chi connectivity index (χ0) is 10.6. The zero-order valence-corrected chi connectivity index (χ0v) is 9.64. The monoisotopic (exact) mass is 186 g/mol. The maximum Gasteiger partial charge on any atom is 0.223 e. The Bertz CT molecular complexity index is 174. The molecular formula is C10H22N2O. The fourth-order valence-corrected chi connectivity index (χ4v) is 1.31. The molecule has 0 heterocycles. The van der Waals surface area contributed by atoms with Crippen LogP contribution in [0, 0.1) is 5.92 Å². The highest BCUT2D eigenvalue weighted by Gasteiger charge is 2.22. The highest BCUT2D eigenvalue weighted by Crippen LogP contribution is 2.05. The van der Waals surface area contributed by atoms with Gasteiger partial charge in [0.1, 0.15) is 0 Å². The highest BCUT2D eigenvalue weighted by atomic mass is 16.2. The van der Waals surface area contributed by atoms with Crippen LogP contribution in [-0.4, -0.2) is 37.0 Å². The minimum Gasteiger partial charge on any atom is -0.350 e. The maximum atomic E-state index is 11.4. The van der Waals surface area contributed by atoms with Crippen LogP contribution in [0.15, 0.2) is 0 Å². The molecule has 0 aromatic carbocycles. The van der Waals surface area contributed by atoms with Crippen LogP contribution in [0.1, 0.15) is 27.7 Å². The Morgan fingerprint density at radius 2 is 1.85 bits per heavy atom. The van der Waals surface area contributed by atoms with Crippen molar-refractivity contribution in [2.75, 3.05) is 20.6 Å². The third-order valence-electron chi connectivity index (χ3n) is 1.70. The molecule has 0 unspecified atom stereocenters. The van der Waals surface area contributed by atoms with Crippen LogP contribution in [0.2, 0.25) is 0 Å². The van der Waals surface area contributed by atoms with Crippen LogP contribution in [0.4, 0.5) is 0 Å². The molecule has 0 aliphatic carbocycles. The van der Waals surface area contributed by atoms with Crippen LogP contribution in [0.5, 0.6) is 0 Å². The lowest BCUT2D eigenvalue weighted by molar-refractivity contribution is -0.125. The standard InChI is InChI=1S/C10H22N2O/c1-8(2)9(13)11-10(3,4)7-12(5)6/h8H,7H2,1-6H3,(H,11,13). The second-order valence-corrected chi connectivity index (χ2v) is 4.77. The Balaban J connectivity index is 4.09. The van der Waals surface area contributed by atoms with Gasteiger partial charge in [-0.1, -0.05) is 13.8 Å². The average Bonchev–Trinajstić information content (AvgIpc) is 1.81. The van der Waals surface area contributed by atoms with Gasteiger partial charge in [-0.05, 0) is 27.9 Å². The normalized spacial score (nSPS) is 12.3. The minimum atomic E-state index is -0.148. The lowest BCUT2D eigenvalue weighted by atomic mass is 10.0. The van der Waals surface area contributed by atoms with E-state index >= 15 is 0 Å². The lowest BCUT2D eigenvalue weighted by Gasteiger charge is -2.30. The number of likely N-dealkylation sites (N-methyl/N-ethyl adjacent to an activating group) is 1. The van der Waals surface area contributed by atoms with E-state index < -0.39 is 0 Å². The molecular weight excluding hydrogens is 164 g/mol. The van der Waals surface area contributed by atoms with Crippen molar-refractivity contribution in [1.29, 1.82) is 0 Å². The van der Waals surface area contributed by atoms with Crippen molar-refractivity contribution in [1.82, 2.24) is 10.2 Å². The third kappa shape index (κ3) is 5.64. The minimum absolute atomic E-state index is 0.0569. The molecule has 0 aromatic heterocycles. The molecule has 0 rings (SSSR count). The molecule has 3 nitrogen and oxygen atoms in total. The summed E-state index contributed by atoms with van der Waals surface area (Å²) in [6.07, 6.45) is 0. The Labute approximate surface area is 81.5 Å². The first-order valence-electron chi connectivity index (χ1n) is 4.71. The summed E-state index contributed by atoms with van der Waals surface area (Å²) in [5.41, 5.74) is -0.148. The first-order valence-corrected chi connectivity index (χ1v) is 4.71. The molecule has 0 aliphatic rings. The summed E-state index contributed by atoms with van der Waals surface area (Å²) in [6, 6.07) is 0. The van der Waals surface area contributed by atoms with Gasteiger partial charge in [0.05, 0.1) is 0 Å². The number of carbonyl (C=O) groups is 1. The maximum absolute atomic E-state index is 11.4. The van der Waals surface area contributed by atoms with E-state index in [2.05, 4.69) is 10.2 Å². The van der Waals surface area contributed by atoms with Crippen LogP contribution in [0.25, 0.3) is 0 Å². The predicted molar refractivity (Wildman–Crippen MR) is 55.6 cm³/mol. The summed E-state index contributed by atoms with van der Waals surface area (Å²) < 4.78 is 0. The average molecular weight is 186 g/mol. The summed E-state index contributed by atoms with van der Waals surface area (Å²) >= 11 is 0. The quantitative estimate of drug-likeness (QED) is 0.713. The van der Waals surface area contributed by atoms with Crippen LogP contribution in [-0.2, 0) is 4.79 Å². The second-order valence-electron chi connectivity index (χ2n) is 4.77. The molecule has 0 radical (unpaired) electrons. The molecule has 0 aromatic rings. The van der Waals surface area contributed by atoms with Gasteiger partial charge in [0.25, 0.3) is 0 Å². The fourth-order valence-electron chi connectivity index (χ4n) is 1.31. The molecule has 0 saturated heterocycles. The van der Waals surface area contributed by atoms with Gasteiger partial charge < -0.3 is 10.2 Å². The van der Waals surface area contributed by atoms with Gasteiger partial charge in [0.15, 0.2) is 0 Å². The number of hydrogen-bond donors (Lipinski definition) is 1. The van der Waals surface area contributed by atoms with E-state index in [4.69, 9.17) is 0 Å². The van der Waals surface area contributed by atoms with Crippen molar-refractivity contribution in [2.24, 2.45) is 5.92 Å². The Hall–Kier alpha value is -0.570. The smallest absolute Gasteiger partial charge is 0.223 e. The lowest BCUT2D eigenvalue weighted by Crippen LogP contribution is -2.51. The van der Waals surface area contributed by atoms with E-state index in [1.54, 1.807) is 0 Å². The van der Waals surface area contributed by atoms with Crippen molar-refractivity contribution >= 4 is 5.91 Å². The van der Waals surface area contributed by atoms with Crippen molar-refractivity contribution in [3.63, 3.8) is 0 Å². The fraction of sp³-hybridized carbons (Fsp3) is 0.900. The van der Waals surface area contributed by atoms with Crippen molar-refractivity contribution < 1.29 is 4.79 Å². The van der Waals surface area contributed by atoms with E-state index in [1.165, 1.54) is 0 Å². The van der Waals surface area contributed by atoms with E-state index in [0.29, 0.717) is 0 Å². The number of nitrogens with zero attached hydrogens (tertiary/aromatic N) is 1. The molecule has 0 fully saturated rings. The number of carbonyl (C=O) groups excluding carboxylic acids is 1. The van der Waals surface area contributed by atoms with Crippen molar-refractivity contribution in [3.05, 3.63) is 0 Å². The second kappa shape index (κ2) is 4.61. The van der Waals surface area contributed by atoms with Crippen LogP contribution in [0.3, 0.4) is 0 Å². The Kier molecular flexibility index (Phi) is 4.40. The van der Waals surface area contributed by atoms with Crippen LogP contribution >= 0.6 is 0 Å². The Morgan fingerprint density at radius 3 is 2.15 bits per heavy atom. The zero-order valence-electron chi connectivity index (χ0n) is 9.64. The molecule has 0 aliphatic heterocycles. The molecule has 13 heavy (non-hydrogen) atoms. The molecule has 78 valence electrons. The molecule has 1 amide bonds. The number of nitrogens with one attached hydrogen (secondary N) is 1. The predicted octanol–water partition coefficient (Wildman–Crippen LogP) is 1.10. The van der Waals surface area contributed by atoms with Gasteiger partial charge >= 0.3 is 0 Å². The summed E-state index contributed by atoms with van der Waals surface area (Å²) in [5, 5.41) is 3.01. The molecule has 1 N–H and O–H groups in total. The van der Waals surface area contributed by atoms with Gasteiger partial charge in [-0.2, -0.15) is 0 Å². The number of hydrogen-bond acceptors (Lipinski definition) is 2. The SMILES string of the molecule is CC(C)C(=O)NC(C)(C)CN(C)C. The summed E-state index contributed by atoms with van der Waals surface area (Å²) in [5.74, 6) is 0.174. The van der Waals surface area contributed by atoms with Crippen molar-refractivity contribution in [3.8, 4) is 0 Å². The van der Waals surface area contributed by atoms with Crippen molar-refractivity contribution in [2.45, 2.75) is 33.2 Å². The molecule has 0 bridgehead atoms. The van der Waals surface area contributed by atoms with Gasteiger partial charge in [-0.25, -0.2) is 0 Å². The highest BCUT2D eigenvalue weighted by molar-refractivity contribution is 5.78. The summed E-state index contributed by atoms with van der Waals surface area (Å²) in [7, 11) is 4.01. The molecule has 3 heteroatoms. The third-order valence-corrected chi connectivity index (χ3v) is 1.70. The summed E-state index contributed by atoms with van der Waals surface area (Å²) in [4.78, 5) is 13.5. The van der Waals surface area contributed by atoms with Gasteiger partial charge in [0, 0.05) is 18.0 Å². The van der Waals surface area contributed by atoms with Crippen LogP contribution < -0.4 is 5.32 Å². The topological polar surface area (TPSA) is 32.3 Å². The first kappa shape index (κ1) is 12.4. The van der Waals surface area contributed by atoms with E-state index in [9.17, 15) is 4.79 Å². The van der Waals surface area contributed by atoms with E-state index in [1.807, 2.05) is 41.8 Å². The van der Waals surface area contributed by atoms with Gasteiger partial charge in [-0.3, -0.25) is 4.79 Å². The molecule has 0 saturated carbocycles. The largest absolute Gasteiger partial charge is 0.350 e. The van der Waals surface area contributed by atoms with Gasteiger partial charge in [0.2, 0.25) is 5.91 Å². The Morgan fingerprint density at radius 1 is 1.38 bits per heavy atom. The van der Waals surface area contributed by atoms with E-state index in [-0.39, 0.29) is 17.4 Å². The first-order chi connectivity index (χ1) is 5.74. The van der Waals surface area contributed by atoms with Gasteiger partial charge in [-0.15, -0.1) is 0 Å². The van der Waals surface area contributed by atoms with E-state index in [0.717, 1.165) is 6.54 Å². The molecule has 0 atom stereocenters. The molecule has 0 spiro atoms. The number of rotatable bonds is 4. The summed E-state index contributed by atoms with van der Waals surface area (Å²) in [6.45, 7) is 8.73. The number of amides is 1.